The van der Waals surface area contributed by atoms with Crippen LogP contribution in [0.1, 0.15) is 23.0 Å². The number of aromatic nitrogens is 2. The molecule has 3 aromatic rings. The number of nitrogens with zero attached hydrogens (tertiary/aromatic N) is 2. The zero-order chi connectivity index (χ0) is 19.8. The summed E-state index contributed by atoms with van der Waals surface area (Å²) < 4.78 is 5.93. The van der Waals surface area contributed by atoms with E-state index in [0.29, 0.717) is 33.8 Å². The van der Waals surface area contributed by atoms with Crippen molar-refractivity contribution in [2.24, 2.45) is 0 Å². The molecular formula is C18H19N5O3S2. The number of hydrogen-bond donors (Lipinski definition) is 3. The Morgan fingerprint density at radius 1 is 1.21 bits per heavy atom. The van der Waals surface area contributed by atoms with Crippen LogP contribution in [-0.4, -0.2) is 34.3 Å². The number of hydrogen-bond acceptors (Lipinski definition) is 8. The van der Waals surface area contributed by atoms with Crippen LogP contribution in [0.4, 0.5) is 10.8 Å². The van der Waals surface area contributed by atoms with E-state index in [1.165, 1.54) is 23.1 Å². The number of furan rings is 1. The van der Waals surface area contributed by atoms with Crippen LogP contribution in [-0.2, 0) is 11.3 Å². The second-order valence-electron chi connectivity index (χ2n) is 5.58. The fourth-order valence-corrected chi connectivity index (χ4v) is 3.79. The maximum Gasteiger partial charge on any atom is 0.251 e. The first-order valence-corrected chi connectivity index (χ1v) is 10.3. The highest BCUT2D eigenvalue weighted by molar-refractivity contribution is 8.01. The second-order valence-corrected chi connectivity index (χ2v) is 7.78. The molecular weight excluding hydrogens is 398 g/mol. The molecule has 2 heterocycles. The first-order valence-electron chi connectivity index (χ1n) is 8.54. The van der Waals surface area contributed by atoms with E-state index in [2.05, 4.69) is 26.1 Å². The van der Waals surface area contributed by atoms with Gasteiger partial charge >= 0.3 is 0 Å². The van der Waals surface area contributed by atoms with Gasteiger partial charge in [-0.1, -0.05) is 29.2 Å². The second kappa shape index (κ2) is 9.90. The van der Waals surface area contributed by atoms with Gasteiger partial charge in [-0.3, -0.25) is 9.59 Å². The van der Waals surface area contributed by atoms with Crippen LogP contribution in [0, 0.1) is 0 Å². The third-order valence-corrected chi connectivity index (χ3v) is 5.49. The molecule has 0 spiro atoms. The number of rotatable bonds is 9. The first-order chi connectivity index (χ1) is 13.6. The van der Waals surface area contributed by atoms with E-state index in [9.17, 15) is 9.59 Å². The van der Waals surface area contributed by atoms with Gasteiger partial charge in [0.1, 0.15) is 5.76 Å². The summed E-state index contributed by atoms with van der Waals surface area (Å²) in [6.07, 6.45) is 1.61. The van der Waals surface area contributed by atoms with E-state index in [1.807, 2.05) is 19.1 Å². The predicted molar refractivity (Wildman–Crippen MR) is 110 cm³/mol. The molecule has 10 heteroatoms. The van der Waals surface area contributed by atoms with Crippen molar-refractivity contribution >= 4 is 45.7 Å². The quantitative estimate of drug-likeness (QED) is 0.459. The summed E-state index contributed by atoms with van der Waals surface area (Å²) in [6, 6.07) is 10.5. The van der Waals surface area contributed by atoms with Crippen molar-refractivity contribution in [1.29, 1.82) is 0 Å². The Labute approximate surface area is 170 Å². The van der Waals surface area contributed by atoms with E-state index in [0.717, 1.165) is 5.76 Å². The fourth-order valence-electron chi connectivity index (χ4n) is 2.24. The molecule has 28 heavy (non-hydrogen) atoms. The van der Waals surface area contributed by atoms with E-state index >= 15 is 0 Å². The van der Waals surface area contributed by atoms with Crippen molar-refractivity contribution < 1.29 is 14.0 Å². The number of nitrogens with one attached hydrogen (secondary N) is 3. The third-order valence-electron chi connectivity index (χ3n) is 3.47. The largest absolute Gasteiger partial charge is 0.467 e. The predicted octanol–water partition coefficient (Wildman–Crippen LogP) is 3.22. The monoisotopic (exact) mass is 417 g/mol. The van der Waals surface area contributed by atoms with Crippen molar-refractivity contribution in [2.45, 2.75) is 17.8 Å². The molecule has 0 unspecified atom stereocenters. The zero-order valence-corrected chi connectivity index (χ0v) is 16.7. The number of thioether (sulfide) groups is 1. The first kappa shape index (κ1) is 19.9. The highest BCUT2D eigenvalue weighted by atomic mass is 32.2. The molecule has 2 amide bonds. The minimum absolute atomic E-state index is 0.170. The fraction of sp³-hybridized carbons (Fsp3) is 0.222. The average Bonchev–Trinajstić information content (AvgIpc) is 3.37. The van der Waals surface area contributed by atoms with Gasteiger partial charge in [0.25, 0.3) is 5.91 Å². The van der Waals surface area contributed by atoms with E-state index < -0.39 is 0 Å². The van der Waals surface area contributed by atoms with Crippen LogP contribution < -0.4 is 16.0 Å². The number of carbonyl (C=O) groups is 2. The normalized spacial score (nSPS) is 10.5. The number of anilines is 2. The van der Waals surface area contributed by atoms with Crippen LogP contribution >= 0.6 is 23.1 Å². The molecule has 0 aliphatic rings. The Hall–Kier alpha value is -2.85. The van der Waals surface area contributed by atoms with Gasteiger partial charge in [-0.05, 0) is 37.3 Å². The average molecular weight is 418 g/mol. The van der Waals surface area contributed by atoms with Gasteiger partial charge in [0.15, 0.2) is 4.34 Å². The molecule has 1 aromatic carbocycles. The third kappa shape index (κ3) is 5.83. The maximum atomic E-state index is 12.2. The summed E-state index contributed by atoms with van der Waals surface area (Å²) in [6.45, 7) is 2.92. The molecule has 0 radical (unpaired) electrons. The van der Waals surface area contributed by atoms with E-state index in [4.69, 9.17) is 4.42 Å². The molecule has 8 nitrogen and oxygen atoms in total. The van der Waals surface area contributed by atoms with Gasteiger partial charge in [-0.15, -0.1) is 10.2 Å². The SMILES string of the molecule is CCNC(=O)c1cccc(NC(=O)CSc2nnc(NCc3ccco3)s2)c1. The van der Waals surface area contributed by atoms with Crippen molar-refractivity contribution in [3.05, 3.63) is 54.0 Å². The van der Waals surface area contributed by atoms with Crippen molar-refractivity contribution in [3.8, 4) is 0 Å². The summed E-state index contributed by atoms with van der Waals surface area (Å²) in [7, 11) is 0. The highest BCUT2D eigenvalue weighted by Gasteiger charge is 2.10. The van der Waals surface area contributed by atoms with Crippen LogP contribution in [0.2, 0.25) is 0 Å². The zero-order valence-electron chi connectivity index (χ0n) is 15.1. The molecule has 3 rings (SSSR count). The van der Waals surface area contributed by atoms with E-state index in [-0.39, 0.29) is 17.6 Å². The lowest BCUT2D eigenvalue weighted by atomic mass is 10.2. The van der Waals surface area contributed by atoms with Crippen molar-refractivity contribution in [3.63, 3.8) is 0 Å². The topological polar surface area (TPSA) is 109 Å². The lowest BCUT2D eigenvalue weighted by Crippen LogP contribution is -2.23. The van der Waals surface area contributed by atoms with Gasteiger partial charge in [0.2, 0.25) is 11.0 Å². The Bertz CT molecular complexity index is 927. The lowest BCUT2D eigenvalue weighted by molar-refractivity contribution is -0.113. The van der Waals surface area contributed by atoms with Gasteiger partial charge in [0, 0.05) is 17.8 Å². The Morgan fingerprint density at radius 3 is 2.89 bits per heavy atom. The molecule has 0 bridgehead atoms. The Kier molecular flexibility index (Phi) is 7.04. The summed E-state index contributed by atoms with van der Waals surface area (Å²) >= 11 is 2.67. The molecule has 3 N–H and O–H groups in total. The maximum absolute atomic E-state index is 12.2. The molecule has 0 aliphatic heterocycles. The van der Waals surface area contributed by atoms with Crippen molar-refractivity contribution in [1.82, 2.24) is 15.5 Å². The summed E-state index contributed by atoms with van der Waals surface area (Å²) in [5.41, 5.74) is 1.08. The van der Waals surface area contributed by atoms with Crippen LogP contribution in [0.15, 0.2) is 51.4 Å². The van der Waals surface area contributed by atoms with Gasteiger partial charge in [0.05, 0.1) is 18.6 Å². The van der Waals surface area contributed by atoms with Gasteiger partial charge < -0.3 is 20.4 Å². The van der Waals surface area contributed by atoms with Gasteiger partial charge in [-0.2, -0.15) is 0 Å². The summed E-state index contributed by atoms with van der Waals surface area (Å²) in [5, 5.41) is 17.4. The van der Waals surface area contributed by atoms with Crippen LogP contribution in [0.5, 0.6) is 0 Å². The number of carbonyl (C=O) groups excluding carboxylic acids is 2. The van der Waals surface area contributed by atoms with E-state index in [1.54, 1.807) is 30.5 Å². The standard InChI is InChI=1S/C18H19N5O3S2/c1-2-19-16(25)12-5-3-6-13(9-12)21-15(24)11-27-18-23-22-17(28-18)20-10-14-7-4-8-26-14/h3-9H,2,10-11H2,1H3,(H,19,25)(H,20,22)(H,21,24). The molecule has 0 saturated heterocycles. The molecule has 0 fully saturated rings. The van der Waals surface area contributed by atoms with Gasteiger partial charge in [-0.25, -0.2) is 0 Å². The Balaban J connectivity index is 1.47. The number of amides is 2. The lowest BCUT2D eigenvalue weighted by Gasteiger charge is -2.07. The van der Waals surface area contributed by atoms with Crippen LogP contribution in [0.3, 0.4) is 0 Å². The molecule has 2 aromatic heterocycles. The minimum Gasteiger partial charge on any atom is -0.467 e. The van der Waals surface area contributed by atoms with Crippen molar-refractivity contribution in [2.75, 3.05) is 22.9 Å². The molecule has 0 saturated carbocycles. The molecule has 146 valence electrons. The smallest absolute Gasteiger partial charge is 0.251 e. The highest BCUT2D eigenvalue weighted by Crippen LogP contribution is 2.26. The number of benzene rings is 1. The molecule has 0 atom stereocenters. The summed E-state index contributed by atoms with van der Waals surface area (Å²) in [4.78, 5) is 24.0. The molecule has 0 aliphatic carbocycles. The Morgan fingerprint density at radius 2 is 2.11 bits per heavy atom. The van der Waals surface area contributed by atoms with Crippen LogP contribution in [0.25, 0.3) is 0 Å². The minimum atomic E-state index is -0.182. The summed E-state index contributed by atoms with van der Waals surface area (Å²) in [5.74, 6) is 0.645.